The lowest BCUT2D eigenvalue weighted by Gasteiger charge is -2.23. The molecule has 1 fully saturated rings. The largest absolute Gasteiger partial charge is 0.507 e. The highest BCUT2D eigenvalue weighted by molar-refractivity contribution is 7.91. The van der Waals surface area contributed by atoms with Crippen molar-refractivity contribution in [2.45, 2.75) is 37.6 Å². The van der Waals surface area contributed by atoms with Crippen LogP contribution in [-0.2, 0) is 9.84 Å². The first-order valence-electron chi connectivity index (χ1n) is 7.97. The predicted octanol–water partition coefficient (Wildman–Crippen LogP) is 1.40. The van der Waals surface area contributed by atoms with Gasteiger partial charge in [0.1, 0.15) is 5.75 Å². The molecule has 1 atom stereocenters. The maximum Gasteiger partial charge on any atom is 0.255 e. The monoisotopic (exact) mass is 340 g/mol. The number of aromatic hydroxyl groups is 1. The summed E-state index contributed by atoms with van der Waals surface area (Å²) in [5.41, 5.74) is 0.000528. The second kappa shape index (κ2) is 7.31. The number of benzene rings is 1. The number of likely N-dealkylation sites (N-methyl/N-ethyl adjacent to an activating group) is 1. The molecule has 1 heterocycles. The van der Waals surface area contributed by atoms with Gasteiger partial charge in [0, 0.05) is 12.6 Å². The van der Waals surface area contributed by atoms with Crippen LogP contribution in [0.15, 0.2) is 23.1 Å². The SMILES string of the molecule is CCN1CCCC1CNC(=O)c1cc(S(=O)(=O)CC)ccc1O. The molecule has 23 heavy (non-hydrogen) atoms. The van der Waals surface area contributed by atoms with Crippen LogP contribution in [0.1, 0.15) is 37.0 Å². The van der Waals surface area contributed by atoms with Gasteiger partial charge in [-0.05, 0) is 44.1 Å². The highest BCUT2D eigenvalue weighted by Crippen LogP contribution is 2.22. The summed E-state index contributed by atoms with van der Waals surface area (Å²) in [6.07, 6.45) is 2.15. The van der Waals surface area contributed by atoms with Crippen molar-refractivity contribution >= 4 is 15.7 Å². The Hall–Kier alpha value is -1.60. The summed E-state index contributed by atoms with van der Waals surface area (Å²) in [6.45, 7) is 6.10. The molecule has 0 spiro atoms. The average Bonchev–Trinajstić information content (AvgIpc) is 3.00. The molecule has 6 nitrogen and oxygen atoms in total. The number of hydrogen-bond acceptors (Lipinski definition) is 5. The number of nitrogens with zero attached hydrogens (tertiary/aromatic N) is 1. The molecule has 2 N–H and O–H groups in total. The van der Waals surface area contributed by atoms with E-state index in [1.165, 1.54) is 18.2 Å². The summed E-state index contributed by atoms with van der Waals surface area (Å²) in [4.78, 5) is 14.7. The van der Waals surface area contributed by atoms with Crippen molar-refractivity contribution in [3.63, 3.8) is 0 Å². The Morgan fingerprint density at radius 1 is 1.39 bits per heavy atom. The van der Waals surface area contributed by atoms with Crippen molar-refractivity contribution in [2.24, 2.45) is 0 Å². The van der Waals surface area contributed by atoms with Gasteiger partial charge in [-0.3, -0.25) is 9.69 Å². The van der Waals surface area contributed by atoms with Gasteiger partial charge in [-0.25, -0.2) is 8.42 Å². The number of hydrogen-bond donors (Lipinski definition) is 2. The molecule has 1 saturated heterocycles. The second-order valence-electron chi connectivity index (χ2n) is 5.72. The van der Waals surface area contributed by atoms with Gasteiger partial charge in [0.2, 0.25) is 0 Å². The number of likely N-dealkylation sites (tertiary alicyclic amines) is 1. The molecule has 0 saturated carbocycles. The molecular weight excluding hydrogens is 316 g/mol. The summed E-state index contributed by atoms with van der Waals surface area (Å²) in [5.74, 6) is -0.707. The first kappa shape index (κ1) is 17.7. The van der Waals surface area contributed by atoms with Crippen molar-refractivity contribution in [1.82, 2.24) is 10.2 Å². The molecular formula is C16H24N2O4S. The molecule has 0 bridgehead atoms. The van der Waals surface area contributed by atoms with E-state index in [9.17, 15) is 18.3 Å². The third kappa shape index (κ3) is 4.03. The molecule has 2 rings (SSSR count). The van der Waals surface area contributed by atoms with Crippen molar-refractivity contribution in [3.05, 3.63) is 23.8 Å². The predicted molar refractivity (Wildman–Crippen MR) is 88.4 cm³/mol. The van der Waals surface area contributed by atoms with Crippen LogP contribution in [0, 0.1) is 0 Å². The zero-order chi connectivity index (χ0) is 17.0. The molecule has 0 aromatic heterocycles. The van der Waals surface area contributed by atoms with Gasteiger partial charge < -0.3 is 10.4 Å². The summed E-state index contributed by atoms with van der Waals surface area (Å²) in [5, 5.41) is 12.7. The van der Waals surface area contributed by atoms with Crippen LogP contribution in [-0.4, -0.2) is 55.8 Å². The van der Waals surface area contributed by atoms with E-state index in [2.05, 4.69) is 17.1 Å². The number of sulfone groups is 1. The molecule has 128 valence electrons. The lowest BCUT2D eigenvalue weighted by molar-refractivity contribution is 0.0938. The third-order valence-electron chi connectivity index (χ3n) is 4.36. The Balaban J connectivity index is 2.11. The van der Waals surface area contributed by atoms with Crippen LogP contribution < -0.4 is 5.32 Å². The molecule has 1 aliphatic rings. The van der Waals surface area contributed by atoms with Gasteiger partial charge in [0.25, 0.3) is 5.91 Å². The van der Waals surface area contributed by atoms with Gasteiger partial charge in [0.15, 0.2) is 9.84 Å². The Bertz CT molecular complexity index is 673. The number of rotatable bonds is 6. The fraction of sp³-hybridized carbons (Fsp3) is 0.562. The van der Waals surface area contributed by atoms with Crippen LogP contribution in [0.2, 0.25) is 0 Å². The lowest BCUT2D eigenvalue weighted by atomic mass is 10.1. The normalized spacial score (nSPS) is 19.0. The lowest BCUT2D eigenvalue weighted by Crippen LogP contribution is -2.40. The van der Waals surface area contributed by atoms with E-state index >= 15 is 0 Å². The van der Waals surface area contributed by atoms with Crippen LogP contribution in [0.4, 0.5) is 0 Å². The van der Waals surface area contributed by atoms with Gasteiger partial charge in [-0.1, -0.05) is 13.8 Å². The highest BCUT2D eigenvalue weighted by atomic mass is 32.2. The molecule has 0 radical (unpaired) electrons. The van der Waals surface area contributed by atoms with Crippen LogP contribution in [0.5, 0.6) is 5.75 Å². The second-order valence-corrected chi connectivity index (χ2v) is 8.00. The van der Waals surface area contributed by atoms with E-state index in [1.807, 2.05) is 0 Å². The smallest absolute Gasteiger partial charge is 0.255 e. The first-order chi connectivity index (χ1) is 10.9. The zero-order valence-corrected chi connectivity index (χ0v) is 14.4. The van der Waals surface area contributed by atoms with Gasteiger partial charge in [0.05, 0.1) is 16.2 Å². The first-order valence-corrected chi connectivity index (χ1v) is 9.62. The third-order valence-corrected chi connectivity index (χ3v) is 6.09. The molecule has 0 aliphatic carbocycles. The van der Waals surface area contributed by atoms with Crippen molar-refractivity contribution in [3.8, 4) is 5.75 Å². The topological polar surface area (TPSA) is 86.7 Å². The number of carbonyl (C=O) groups excluding carboxylic acids is 1. The van der Waals surface area contributed by atoms with E-state index in [0.29, 0.717) is 12.6 Å². The van der Waals surface area contributed by atoms with Crippen molar-refractivity contribution < 1.29 is 18.3 Å². The average molecular weight is 340 g/mol. The molecule has 1 amide bonds. The fourth-order valence-electron chi connectivity index (χ4n) is 2.91. The number of amides is 1. The summed E-state index contributed by atoms with van der Waals surface area (Å²) >= 11 is 0. The summed E-state index contributed by atoms with van der Waals surface area (Å²) in [6, 6.07) is 4.12. The quantitative estimate of drug-likeness (QED) is 0.817. The standard InChI is InChI=1S/C16H24N2O4S/c1-3-18-9-5-6-12(18)11-17-16(20)14-10-13(7-8-15(14)19)23(21,22)4-2/h7-8,10,12,19H,3-6,9,11H2,1-2H3,(H,17,20). The molecule has 1 aromatic rings. The Kier molecular flexibility index (Phi) is 5.64. The van der Waals surface area contributed by atoms with Crippen molar-refractivity contribution in [2.75, 3.05) is 25.4 Å². The minimum absolute atomic E-state index is 0.000528. The van der Waals surface area contributed by atoms with E-state index in [4.69, 9.17) is 0 Å². The van der Waals surface area contributed by atoms with Crippen LogP contribution in [0.25, 0.3) is 0 Å². The van der Waals surface area contributed by atoms with Crippen LogP contribution >= 0.6 is 0 Å². The highest BCUT2D eigenvalue weighted by Gasteiger charge is 2.24. The van der Waals surface area contributed by atoms with Crippen molar-refractivity contribution in [1.29, 1.82) is 0 Å². The molecule has 1 aromatic carbocycles. The van der Waals surface area contributed by atoms with E-state index in [0.717, 1.165) is 25.9 Å². The number of carbonyl (C=O) groups is 1. The molecule has 1 aliphatic heterocycles. The van der Waals surface area contributed by atoms with E-state index in [1.54, 1.807) is 6.92 Å². The molecule has 7 heteroatoms. The zero-order valence-electron chi connectivity index (χ0n) is 13.6. The maximum absolute atomic E-state index is 12.3. The molecule has 1 unspecified atom stereocenters. The minimum Gasteiger partial charge on any atom is -0.507 e. The number of phenols is 1. The Morgan fingerprint density at radius 2 is 2.13 bits per heavy atom. The Morgan fingerprint density at radius 3 is 2.78 bits per heavy atom. The van der Waals surface area contributed by atoms with Gasteiger partial charge in [-0.2, -0.15) is 0 Å². The summed E-state index contributed by atoms with van der Waals surface area (Å²) < 4.78 is 23.8. The minimum atomic E-state index is -3.41. The summed E-state index contributed by atoms with van der Waals surface area (Å²) in [7, 11) is -3.41. The van der Waals surface area contributed by atoms with E-state index < -0.39 is 15.7 Å². The number of nitrogens with one attached hydrogen (secondary N) is 1. The maximum atomic E-state index is 12.3. The Labute approximate surface area is 137 Å². The van der Waals surface area contributed by atoms with Gasteiger partial charge >= 0.3 is 0 Å². The number of phenolic OH excluding ortho intramolecular Hbond substituents is 1. The van der Waals surface area contributed by atoms with Gasteiger partial charge in [-0.15, -0.1) is 0 Å². The van der Waals surface area contributed by atoms with E-state index in [-0.39, 0.29) is 22.0 Å². The van der Waals surface area contributed by atoms with Crippen LogP contribution in [0.3, 0.4) is 0 Å². The fourth-order valence-corrected chi connectivity index (χ4v) is 3.81.